The van der Waals surface area contributed by atoms with Crippen molar-refractivity contribution in [3.05, 3.63) is 34.9 Å². The van der Waals surface area contributed by atoms with Crippen molar-refractivity contribution < 1.29 is 8.78 Å². The van der Waals surface area contributed by atoms with Gasteiger partial charge in [0, 0.05) is 5.54 Å². The average molecular weight is 185 g/mol. The van der Waals surface area contributed by atoms with Gasteiger partial charge in [-0.25, -0.2) is 8.78 Å². The highest BCUT2D eigenvalue weighted by molar-refractivity contribution is 5.32. The van der Waals surface area contributed by atoms with Gasteiger partial charge < -0.3 is 5.73 Å². The van der Waals surface area contributed by atoms with Crippen molar-refractivity contribution in [2.75, 3.05) is 0 Å². The summed E-state index contributed by atoms with van der Waals surface area (Å²) in [5.74, 6) is -1.68. The second kappa shape index (κ2) is 3.07. The Labute approximate surface area is 76.6 Å². The Balaban J connectivity index is 3.32. The highest BCUT2D eigenvalue weighted by Crippen LogP contribution is 2.23. The van der Waals surface area contributed by atoms with Crippen LogP contribution in [0.3, 0.4) is 0 Å². The molecule has 0 saturated heterocycles. The zero-order valence-electron chi connectivity index (χ0n) is 7.99. The predicted octanol–water partition coefficient (Wildman–Crippen LogP) is 2.47. The molecule has 1 aromatic rings. The van der Waals surface area contributed by atoms with Crippen LogP contribution in [0.25, 0.3) is 0 Å². The Bertz CT molecular complexity index is 326. The molecule has 0 radical (unpaired) electrons. The summed E-state index contributed by atoms with van der Waals surface area (Å²) in [5.41, 5.74) is 6.45. The van der Waals surface area contributed by atoms with Crippen LogP contribution in [-0.4, -0.2) is 0 Å². The van der Waals surface area contributed by atoms with Crippen LogP contribution >= 0.6 is 0 Å². The first kappa shape index (κ1) is 10.1. The van der Waals surface area contributed by atoms with E-state index in [1.807, 2.05) is 0 Å². The molecule has 72 valence electrons. The fourth-order valence-electron chi connectivity index (χ4n) is 1.34. The molecular weight excluding hydrogens is 172 g/mol. The molecule has 0 spiro atoms. The van der Waals surface area contributed by atoms with Gasteiger partial charge in [-0.15, -0.1) is 0 Å². The van der Waals surface area contributed by atoms with Crippen LogP contribution in [0, 0.1) is 18.6 Å². The van der Waals surface area contributed by atoms with E-state index < -0.39 is 17.2 Å². The summed E-state index contributed by atoms with van der Waals surface area (Å²) in [6.45, 7) is 5.23. The van der Waals surface area contributed by atoms with Gasteiger partial charge >= 0.3 is 0 Å². The van der Waals surface area contributed by atoms with Crippen molar-refractivity contribution in [2.45, 2.75) is 26.3 Å². The van der Waals surface area contributed by atoms with Crippen molar-refractivity contribution in [1.82, 2.24) is 0 Å². The lowest BCUT2D eigenvalue weighted by Gasteiger charge is -2.21. The highest BCUT2D eigenvalue weighted by Gasteiger charge is 2.18. The van der Waals surface area contributed by atoms with E-state index in [-0.39, 0.29) is 0 Å². The fourth-order valence-corrected chi connectivity index (χ4v) is 1.34. The Kier molecular flexibility index (Phi) is 2.39. The van der Waals surface area contributed by atoms with Gasteiger partial charge in [0.1, 0.15) is 0 Å². The molecule has 0 amide bonds. The number of nitrogens with two attached hydrogens (primary N) is 1. The second-order valence-corrected chi connectivity index (χ2v) is 3.80. The lowest BCUT2D eigenvalue weighted by atomic mass is 9.91. The Morgan fingerprint density at radius 2 is 1.62 bits per heavy atom. The number of rotatable bonds is 1. The molecule has 3 heteroatoms. The molecule has 0 heterocycles. The van der Waals surface area contributed by atoms with Crippen LogP contribution in [-0.2, 0) is 5.54 Å². The number of aryl methyl sites for hydroxylation is 1. The molecule has 0 atom stereocenters. The third kappa shape index (κ3) is 2.04. The monoisotopic (exact) mass is 185 g/mol. The smallest absolute Gasteiger partial charge is 0.159 e. The van der Waals surface area contributed by atoms with Gasteiger partial charge in [0.2, 0.25) is 0 Å². The summed E-state index contributed by atoms with van der Waals surface area (Å²) in [7, 11) is 0. The molecule has 0 unspecified atom stereocenters. The van der Waals surface area contributed by atoms with Crippen LogP contribution < -0.4 is 5.73 Å². The van der Waals surface area contributed by atoms with Crippen LogP contribution in [0.4, 0.5) is 8.78 Å². The Morgan fingerprint density at radius 1 is 1.15 bits per heavy atom. The summed E-state index contributed by atoms with van der Waals surface area (Å²) >= 11 is 0. The minimum Gasteiger partial charge on any atom is -0.322 e. The maximum Gasteiger partial charge on any atom is 0.159 e. The highest BCUT2D eigenvalue weighted by atomic mass is 19.2. The zero-order valence-corrected chi connectivity index (χ0v) is 7.99. The van der Waals surface area contributed by atoms with Gasteiger partial charge in [-0.1, -0.05) is 0 Å². The third-order valence-electron chi connectivity index (χ3n) is 1.96. The van der Waals surface area contributed by atoms with E-state index in [1.165, 1.54) is 6.07 Å². The topological polar surface area (TPSA) is 26.0 Å². The number of benzene rings is 1. The molecule has 1 rings (SSSR count). The summed E-state index contributed by atoms with van der Waals surface area (Å²) in [6, 6.07) is 2.32. The lowest BCUT2D eigenvalue weighted by molar-refractivity contribution is 0.491. The van der Waals surface area contributed by atoms with E-state index in [0.717, 1.165) is 6.07 Å². The van der Waals surface area contributed by atoms with E-state index in [0.29, 0.717) is 11.1 Å². The molecular formula is C10H13F2N. The van der Waals surface area contributed by atoms with Gasteiger partial charge in [0.15, 0.2) is 11.6 Å². The Morgan fingerprint density at radius 3 is 2.08 bits per heavy atom. The molecule has 13 heavy (non-hydrogen) atoms. The van der Waals surface area contributed by atoms with E-state index in [1.54, 1.807) is 20.8 Å². The lowest BCUT2D eigenvalue weighted by Crippen LogP contribution is -2.29. The number of halogens is 2. The van der Waals surface area contributed by atoms with Crippen molar-refractivity contribution in [3.8, 4) is 0 Å². The van der Waals surface area contributed by atoms with Crippen LogP contribution in [0.5, 0.6) is 0 Å². The summed E-state index contributed by atoms with van der Waals surface area (Å²) in [4.78, 5) is 0. The van der Waals surface area contributed by atoms with E-state index >= 15 is 0 Å². The van der Waals surface area contributed by atoms with Crippen molar-refractivity contribution in [1.29, 1.82) is 0 Å². The van der Waals surface area contributed by atoms with Crippen LogP contribution in [0.15, 0.2) is 12.1 Å². The maximum absolute atomic E-state index is 12.9. The average Bonchev–Trinajstić information content (AvgIpc) is 1.94. The van der Waals surface area contributed by atoms with E-state index in [4.69, 9.17) is 5.73 Å². The summed E-state index contributed by atoms with van der Waals surface area (Å²) in [5, 5.41) is 0. The molecule has 0 aromatic heterocycles. The van der Waals surface area contributed by atoms with Gasteiger partial charge in [-0.05, 0) is 44.0 Å². The molecule has 0 aliphatic heterocycles. The first-order valence-electron chi connectivity index (χ1n) is 4.07. The Hall–Kier alpha value is -0.960. The quantitative estimate of drug-likeness (QED) is 0.714. The molecule has 0 bridgehead atoms. The number of hydrogen-bond donors (Lipinski definition) is 1. The van der Waals surface area contributed by atoms with E-state index in [2.05, 4.69) is 0 Å². The van der Waals surface area contributed by atoms with Crippen molar-refractivity contribution >= 4 is 0 Å². The molecule has 0 aliphatic rings. The molecule has 0 saturated carbocycles. The summed E-state index contributed by atoms with van der Waals surface area (Å²) in [6.07, 6.45) is 0. The zero-order chi connectivity index (χ0) is 10.2. The van der Waals surface area contributed by atoms with E-state index in [9.17, 15) is 8.78 Å². The van der Waals surface area contributed by atoms with Gasteiger partial charge in [-0.3, -0.25) is 0 Å². The SMILES string of the molecule is Cc1cc(F)c(F)cc1C(C)(C)N. The molecule has 0 fully saturated rings. The largest absolute Gasteiger partial charge is 0.322 e. The van der Waals surface area contributed by atoms with Gasteiger partial charge in [-0.2, -0.15) is 0 Å². The summed E-state index contributed by atoms with van der Waals surface area (Å²) < 4.78 is 25.6. The van der Waals surface area contributed by atoms with Crippen LogP contribution in [0.1, 0.15) is 25.0 Å². The molecule has 0 aliphatic carbocycles. The minimum atomic E-state index is -0.848. The van der Waals surface area contributed by atoms with Crippen molar-refractivity contribution in [3.63, 3.8) is 0 Å². The molecule has 1 aromatic carbocycles. The maximum atomic E-state index is 12.9. The number of hydrogen-bond acceptors (Lipinski definition) is 1. The first-order chi connectivity index (χ1) is 5.82. The normalized spacial score (nSPS) is 11.8. The minimum absolute atomic E-state index is 0.631. The standard InChI is InChI=1S/C10H13F2N/c1-6-4-8(11)9(12)5-7(6)10(2,3)13/h4-5H,13H2,1-3H3. The predicted molar refractivity (Wildman–Crippen MR) is 48.3 cm³/mol. The fraction of sp³-hybridized carbons (Fsp3) is 0.400. The van der Waals surface area contributed by atoms with Crippen molar-refractivity contribution in [2.24, 2.45) is 5.73 Å². The molecule has 2 N–H and O–H groups in total. The third-order valence-corrected chi connectivity index (χ3v) is 1.96. The van der Waals surface area contributed by atoms with Crippen LogP contribution in [0.2, 0.25) is 0 Å². The van der Waals surface area contributed by atoms with Gasteiger partial charge in [0.05, 0.1) is 0 Å². The van der Waals surface area contributed by atoms with Gasteiger partial charge in [0.25, 0.3) is 0 Å². The second-order valence-electron chi connectivity index (χ2n) is 3.80. The first-order valence-corrected chi connectivity index (χ1v) is 4.07. The molecule has 1 nitrogen and oxygen atoms in total.